The molecule has 0 aromatic rings. The Morgan fingerprint density at radius 1 is 1.42 bits per heavy atom. The van der Waals surface area contributed by atoms with E-state index in [-0.39, 0.29) is 6.10 Å². The van der Waals surface area contributed by atoms with Crippen LogP contribution < -0.4 is 0 Å². The minimum atomic E-state index is -0.0728. The van der Waals surface area contributed by atoms with Crippen LogP contribution in [-0.4, -0.2) is 24.4 Å². The maximum atomic E-state index is 9.66. The Labute approximate surface area is 74.9 Å². The lowest BCUT2D eigenvalue weighted by Gasteiger charge is -2.30. The van der Waals surface area contributed by atoms with Crippen LogP contribution in [0.1, 0.15) is 39.0 Å². The predicted molar refractivity (Wildman–Crippen MR) is 49.1 cm³/mol. The summed E-state index contributed by atoms with van der Waals surface area (Å²) in [5.41, 5.74) is 0. The van der Waals surface area contributed by atoms with Crippen molar-refractivity contribution in [1.29, 1.82) is 0 Å². The van der Waals surface area contributed by atoms with Gasteiger partial charge in [-0.15, -0.1) is 0 Å². The predicted octanol–water partition coefficient (Wildman–Crippen LogP) is 1.96. The van der Waals surface area contributed by atoms with Crippen LogP contribution in [0, 0.1) is 5.92 Å². The molecule has 72 valence electrons. The van der Waals surface area contributed by atoms with Crippen molar-refractivity contribution in [2.75, 3.05) is 7.11 Å². The molecule has 2 atom stereocenters. The van der Waals surface area contributed by atoms with Crippen LogP contribution in [0.2, 0.25) is 0 Å². The second-order valence-electron chi connectivity index (χ2n) is 3.88. The smallest absolute Gasteiger partial charge is 0.0569 e. The number of methoxy groups -OCH3 is 1. The van der Waals surface area contributed by atoms with Gasteiger partial charge in [0.25, 0.3) is 0 Å². The molecule has 0 aromatic heterocycles. The summed E-state index contributed by atoms with van der Waals surface area (Å²) >= 11 is 0. The lowest BCUT2D eigenvalue weighted by atomic mass is 9.79. The fraction of sp³-hybridized carbons (Fsp3) is 1.00. The highest BCUT2D eigenvalue weighted by Gasteiger charge is 2.25. The van der Waals surface area contributed by atoms with Crippen LogP contribution in [-0.2, 0) is 4.74 Å². The summed E-state index contributed by atoms with van der Waals surface area (Å²) in [6.45, 7) is 2.05. The van der Waals surface area contributed by atoms with E-state index in [1.165, 1.54) is 19.3 Å². The van der Waals surface area contributed by atoms with E-state index in [2.05, 4.69) is 0 Å². The van der Waals surface area contributed by atoms with Gasteiger partial charge in [-0.05, 0) is 38.5 Å². The zero-order valence-electron chi connectivity index (χ0n) is 8.12. The van der Waals surface area contributed by atoms with Crippen LogP contribution in [0.5, 0.6) is 0 Å². The van der Waals surface area contributed by atoms with Crippen LogP contribution >= 0.6 is 0 Å². The molecule has 0 amide bonds. The van der Waals surface area contributed by atoms with Gasteiger partial charge >= 0.3 is 0 Å². The second kappa shape index (κ2) is 4.83. The summed E-state index contributed by atoms with van der Waals surface area (Å²) in [7, 11) is 1.72. The Kier molecular flexibility index (Phi) is 4.02. The zero-order chi connectivity index (χ0) is 8.97. The van der Waals surface area contributed by atoms with Gasteiger partial charge in [0, 0.05) is 7.11 Å². The molecule has 2 unspecified atom stereocenters. The Morgan fingerprint density at radius 3 is 2.50 bits per heavy atom. The molecule has 0 aromatic carbocycles. The molecule has 1 aliphatic carbocycles. The fourth-order valence-electron chi connectivity index (χ4n) is 1.58. The Bertz CT molecular complexity index is 121. The van der Waals surface area contributed by atoms with Crippen molar-refractivity contribution >= 4 is 0 Å². The van der Waals surface area contributed by atoms with E-state index in [1.807, 2.05) is 6.92 Å². The van der Waals surface area contributed by atoms with Gasteiger partial charge in [0.05, 0.1) is 12.2 Å². The summed E-state index contributed by atoms with van der Waals surface area (Å²) in [6, 6.07) is 0. The Morgan fingerprint density at radius 2 is 2.08 bits per heavy atom. The van der Waals surface area contributed by atoms with E-state index >= 15 is 0 Å². The van der Waals surface area contributed by atoms with Crippen LogP contribution in [0.4, 0.5) is 0 Å². The summed E-state index contributed by atoms with van der Waals surface area (Å²) in [6.07, 6.45) is 5.86. The molecule has 0 heterocycles. The van der Waals surface area contributed by atoms with Gasteiger partial charge < -0.3 is 9.84 Å². The molecule has 0 bridgehead atoms. The average molecular weight is 172 g/mol. The number of aliphatic hydroxyl groups excluding tert-OH is 1. The van der Waals surface area contributed by atoms with E-state index in [0.717, 1.165) is 12.8 Å². The molecule has 1 N–H and O–H groups in total. The maximum Gasteiger partial charge on any atom is 0.0569 e. The fourth-order valence-corrected chi connectivity index (χ4v) is 1.58. The molecule has 2 heteroatoms. The van der Waals surface area contributed by atoms with Crippen LogP contribution in [0.3, 0.4) is 0 Å². The Balaban J connectivity index is 2.05. The third-order valence-corrected chi connectivity index (χ3v) is 2.97. The van der Waals surface area contributed by atoms with E-state index in [1.54, 1.807) is 7.11 Å². The van der Waals surface area contributed by atoms with Crippen molar-refractivity contribution in [3.8, 4) is 0 Å². The first kappa shape index (κ1) is 10.0. The summed E-state index contributed by atoms with van der Waals surface area (Å²) in [5.74, 6) is 0.592. The molecule has 1 rings (SSSR count). The first-order valence-corrected chi connectivity index (χ1v) is 4.95. The van der Waals surface area contributed by atoms with E-state index in [9.17, 15) is 5.11 Å². The first-order chi connectivity index (χ1) is 5.74. The van der Waals surface area contributed by atoms with Gasteiger partial charge in [0.1, 0.15) is 0 Å². The van der Waals surface area contributed by atoms with Gasteiger partial charge in [0.15, 0.2) is 0 Å². The lowest BCUT2D eigenvalue weighted by Crippen LogP contribution is -2.27. The zero-order valence-corrected chi connectivity index (χ0v) is 8.12. The number of ether oxygens (including phenoxy) is 1. The number of rotatable bonds is 5. The van der Waals surface area contributed by atoms with Gasteiger partial charge in [-0.25, -0.2) is 0 Å². The van der Waals surface area contributed by atoms with Gasteiger partial charge in [-0.2, -0.15) is 0 Å². The van der Waals surface area contributed by atoms with Crippen molar-refractivity contribution in [2.45, 2.75) is 51.2 Å². The summed E-state index contributed by atoms with van der Waals surface area (Å²) in [5, 5.41) is 9.66. The molecule has 1 aliphatic rings. The summed E-state index contributed by atoms with van der Waals surface area (Å²) in [4.78, 5) is 0. The third-order valence-electron chi connectivity index (χ3n) is 2.97. The number of aliphatic hydroxyl groups is 1. The molecule has 12 heavy (non-hydrogen) atoms. The highest BCUT2D eigenvalue weighted by Crippen LogP contribution is 2.31. The van der Waals surface area contributed by atoms with Crippen molar-refractivity contribution in [1.82, 2.24) is 0 Å². The maximum absolute atomic E-state index is 9.66. The monoisotopic (exact) mass is 172 g/mol. The quantitative estimate of drug-likeness (QED) is 0.687. The van der Waals surface area contributed by atoms with Crippen molar-refractivity contribution in [3.05, 3.63) is 0 Å². The molecule has 1 fully saturated rings. The molecular weight excluding hydrogens is 152 g/mol. The van der Waals surface area contributed by atoms with Crippen molar-refractivity contribution < 1.29 is 9.84 Å². The molecule has 0 spiro atoms. The molecule has 1 saturated carbocycles. The van der Waals surface area contributed by atoms with Gasteiger partial charge in [0.2, 0.25) is 0 Å². The van der Waals surface area contributed by atoms with Crippen LogP contribution in [0.25, 0.3) is 0 Å². The molecular formula is C10H20O2. The SMILES string of the molecule is COC(C)CCC(O)C1CCC1. The molecule has 0 saturated heterocycles. The summed E-state index contributed by atoms with van der Waals surface area (Å²) < 4.78 is 5.12. The molecule has 2 nitrogen and oxygen atoms in total. The minimum Gasteiger partial charge on any atom is -0.393 e. The van der Waals surface area contributed by atoms with Crippen molar-refractivity contribution in [3.63, 3.8) is 0 Å². The van der Waals surface area contributed by atoms with Gasteiger partial charge in [-0.1, -0.05) is 6.42 Å². The normalized spacial score (nSPS) is 23.2. The highest BCUT2D eigenvalue weighted by atomic mass is 16.5. The average Bonchev–Trinajstić information content (AvgIpc) is 1.97. The van der Waals surface area contributed by atoms with E-state index in [0.29, 0.717) is 12.0 Å². The third kappa shape index (κ3) is 2.76. The van der Waals surface area contributed by atoms with Crippen LogP contribution in [0.15, 0.2) is 0 Å². The standard InChI is InChI=1S/C10H20O2/c1-8(12-2)6-7-10(11)9-4-3-5-9/h8-11H,3-7H2,1-2H3. The Hall–Kier alpha value is -0.0800. The lowest BCUT2D eigenvalue weighted by molar-refractivity contribution is 0.0343. The van der Waals surface area contributed by atoms with E-state index < -0.39 is 0 Å². The topological polar surface area (TPSA) is 29.5 Å². The van der Waals surface area contributed by atoms with Gasteiger partial charge in [-0.3, -0.25) is 0 Å². The largest absolute Gasteiger partial charge is 0.393 e. The first-order valence-electron chi connectivity index (χ1n) is 4.95. The molecule has 0 aliphatic heterocycles. The highest BCUT2D eigenvalue weighted by molar-refractivity contribution is 4.77. The second-order valence-corrected chi connectivity index (χ2v) is 3.88. The van der Waals surface area contributed by atoms with E-state index in [4.69, 9.17) is 4.74 Å². The molecule has 0 radical (unpaired) electrons. The number of hydrogen-bond donors (Lipinski definition) is 1. The van der Waals surface area contributed by atoms with Crippen molar-refractivity contribution in [2.24, 2.45) is 5.92 Å². The minimum absolute atomic E-state index is 0.0728. The number of hydrogen-bond acceptors (Lipinski definition) is 2.